The van der Waals surface area contributed by atoms with Crippen LogP contribution in [0, 0.1) is 0 Å². The van der Waals surface area contributed by atoms with Gasteiger partial charge < -0.3 is 14.6 Å². The molecule has 4 heterocycles. The van der Waals surface area contributed by atoms with E-state index in [4.69, 9.17) is 4.74 Å². The highest BCUT2D eigenvalue weighted by atomic mass is 32.1. The Morgan fingerprint density at radius 1 is 1.06 bits per heavy atom. The summed E-state index contributed by atoms with van der Waals surface area (Å²) >= 11 is 3.38. The molecule has 0 fully saturated rings. The molecule has 192 valence electrons. The number of likely N-dealkylation sites (N-methyl/N-ethyl adjacent to an activating group) is 1. The predicted octanol–water partition coefficient (Wildman–Crippen LogP) is 5.38. The Morgan fingerprint density at radius 2 is 1.83 bits per heavy atom. The van der Waals surface area contributed by atoms with Crippen LogP contribution in [-0.4, -0.2) is 48.2 Å². The maximum atomic E-state index is 13.4. The number of hydrogen-bond donors (Lipinski definition) is 1. The highest BCUT2D eigenvalue weighted by molar-refractivity contribution is 7.17. The molecular weight excluding hydrogens is 492 g/mol. The Hall–Kier alpha value is -2.62. The molecule has 0 aromatic carbocycles. The number of rotatable bonds is 7. The van der Waals surface area contributed by atoms with Crippen molar-refractivity contribution in [2.75, 3.05) is 31.6 Å². The number of aromatic nitrogens is 1. The van der Waals surface area contributed by atoms with E-state index in [-0.39, 0.29) is 12.0 Å². The summed E-state index contributed by atoms with van der Waals surface area (Å²) in [5, 5.41) is 5.02. The number of amides is 2. The molecule has 5 rings (SSSR count). The van der Waals surface area contributed by atoms with Crippen LogP contribution in [0.4, 0.5) is 9.80 Å². The van der Waals surface area contributed by atoms with Crippen LogP contribution in [0.15, 0.2) is 24.5 Å². The predicted molar refractivity (Wildman–Crippen MR) is 146 cm³/mol. The fourth-order valence-electron chi connectivity index (χ4n) is 5.21. The Balaban J connectivity index is 1.40. The maximum Gasteiger partial charge on any atom is 0.341 e. The van der Waals surface area contributed by atoms with Crippen molar-refractivity contribution in [3.05, 3.63) is 56.5 Å². The number of anilines is 1. The second-order valence-corrected chi connectivity index (χ2v) is 11.5. The summed E-state index contributed by atoms with van der Waals surface area (Å²) in [7, 11) is 1.75. The number of carbonyl (C=O) groups excluding carboxylic acids is 2. The lowest BCUT2D eigenvalue weighted by Gasteiger charge is -2.26. The number of urea groups is 1. The lowest BCUT2D eigenvalue weighted by atomic mass is 9.95. The Labute approximate surface area is 220 Å². The lowest BCUT2D eigenvalue weighted by molar-refractivity contribution is 0.0526. The normalized spacial score (nSPS) is 15.3. The Kier molecular flexibility index (Phi) is 7.50. The molecule has 3 aromatic heterocycles. The number of fused-ring (bicyclic) bond motifs is 2. The number of aryl methyl sites for hydroxylation is 1. The van der Waals surface area contributed by atoms with Crippen LogP contribution in [0.2, 0.25) is 0 Å². The molecule has 0 saturated heterocycles. The van der Waals surface area contributed by atoms with Crippen LogP contribution in [0.1, 0.15) is 63.5 Å². The van der Waals surface area contributed by atoms with Crippen molar-refractivity contribution < 1.29 is 14.3 Å². The van der Waals surface area contributed by atoms with Gasteiger partial charge in [0, 0.05) is 54.4 Å². The van der Waals surface area contributed by atoms with Crippen molar-refractivity contribution in [1.82, 2.24) is 14.8 Å². The van der Waals surface area contributed by atoms with Gasteiger partial charge in [-0.05, 0) is 68.8 Å². The van der Waals surface area contributed by atoms with Crippen molar-refractivity contribution >= 4 is 39.7 Å². The van der Waals surface area contributed by atoms with Crippen LogP contribution in [0.3, 0.4) is 0 Å². The quantitative estimate of drug-likeness (QED) is 0.420. The summed E-state index contributed by atoms with van der Waals surface area (Å²) in [5.74, 6) is -0.325. The first-order valence-electron chi connectivity index (χ1n) is 12.8. The second-order valence-electron chi connectivity index (χ2n) is 9.33. The number of nitrogens with zero attached hydrogens (tertiary/aromatic N) is 3. The monoisotopic (exact) mass is 526 g/mol. The van der Waals surface area contributed by atoms with Crippen LogP contribution in [0.5, 0.6) is 0 Å². The number of nitrogens with one attached hydrogen (secondary N) is 1. The minimum Gasteiger partial charge on any atom is -0.462 e. The van der Waals surface area contributed by atoms with Gasteiger partial charge >= 0.3 is 12.0 Å². The van der Waals surface area contributed by atoms with E-state index in [0.29, 0.717) is 23.7 Å². The third-order valence-electron chi connectivity index (χ3n) is 7.17. The smallest absolute Gasteiger partial charge is 0.341 e. The number of thiophene rings is 2. The second kappa shape index (κ2) is 10.8. The van der Waals surface area contributed by atoms with Gasteiger partial charge in [-0.3, -0.25) is 9.80 Å². The standard InChI is InChI=1S/C27H34N4O3S2/c1-4-30-15-12-18-20(24(36-22(18)17-30)31-13-8-9-14-31)16-28-27(33)29(3)25-23(26(32)34-5-2)19-10-6-7-11-21(19)35-25/h8-9,13-14H,4-7,10-12,15-17H2,1-3H3,(H,28,33). The molecule has 0 saturated carbocycles. The van der Waals surface area contributed by atoms with Crippen molar-refractivity contribution in [3.8, 4) is 5.00 Å². The lowest BCUT2D eigenvalue weighted by Crippen LogP contribution is -2.37. The van der Waals surface area contributed by atoms with E-state index in [1.54, 1.807) is 23.3 Å². The molecule has 36 heavy (non-hydrogen) atoms. The molecule has 7 nitrogen and oxygen atoms in total. The van der Waals surface area contributed by atoms with E-state index >= 15 is 0 Å². The summed E-state index contributed by atoms with van der Waals surface area (Å²) in [6.45, 7) is 7.83. The van der Waals surface area contributed by atoms with Gasteiger partial charge in [0.2, 0.25) is 0 Å². The average molecular weight is 527 g/mol. The minimum absolute atomic E-state index is 0.205. The number of hydrogen-bond acceptors (Lipinski definition) is 6. The molecule has 0 atom stereocenters. The van der Waals surface area contributed by atoms with E-state index in [9.17, 15) is 9.59 Å². The first-order valence-corrected chi connectivity index (χ1v) is 14.5. The maximum absolute atomic E-state index is 13.4. The van der Waals surface area contributed by atoms with Crippen molar-refractivity contribution in [2.24, 2.45) is 0 Å². The van der Waals surface area contributed by atoms with E-state index in [2.05, 4.69) is 34.1 Å². The van der Waals surface area contributed by atoms with E-state index < -0.39 is 0 Å². The first-order chi connectivity index (χ1) is 17.5. The average Bonchev–Trinajstić information content (AvgIpc) is 3.63. The van der Waals surface area contributed by atoms with Gasteiger partial charge in [0.05, 0.1) is 12.2 Å². The minimum atomic E-state index is -0.325. The molecule has 1 aliphatic carbocycles. The third-order valence-corrected chi connectivity index (χ3v) is 9.81. The van der Waals surface area contributed by atoms with Gasteiger partial charge in [0.25, 0.3) is 0 Å². The molecular formula is C27H34N4O3S2. The van der Waals surface area contributed by atoms with Crippen LogP contribution in [-0.2, 0) is 37.1 Å². The van der Waals surface area contributed by atoms with Gasteiger partial charge in [0.1, 0.15) is 10.0 Å². The molecule has 2 aliphatic rings. The van der Waals surface area contributed by atoms with Crippen LogP contribution < -0.4 is 10.2 Å². The van der Waals surface area contributed by atoms with Crippen molar-refractivity contribution in [3.63, 3.8) is 0 Å². The highest BCUT2D eigenvalue weighted by Crippen LogP contribution is 2.40. The largest absolute Gasteiger partial charge is 0.462 e. The molecule has 1 N–H and O–H groups in total. The van der Waals surface area contributed by atoms with Crippen LogP contribution >= 0.6 is 22.7 Å². The number of ether oxygens (including phenoxy) is 1. The fourth-order valence-corrected chi connectivity index (χ4v) is 7.92. The molecule has 0 spiro atoms. The summed E-state index contributed by atoms with van der Waals surface area (Å²) in [6.07, 6.45) is 9.12. The molecule has 0 radical (unpaired) electrons. The highest BCUT2D eigenvalue weighted by Gasteiger charge is 2.30. The van der Waals surface area contributed by atoms with Crippen LogP contribution in [0.25, 0.3) is 5.00 Å². The zero-order chi connectivity index (χ0) is 25.2. The van der Waals surface area contributed by atoms with Gasteiger partial charge in [-0.2, -0.15) is 0 Å². The zero-order valence-corrected chi connectivity index (χ0v) is 22.9. The summed E-state index contributed by atoms with van der Waals surface area (Å²) in [6, 6.07) is 3.86. The van der Waals surface area contributed by atoms with Crippen molar-refractivity contribution in [2.45, 2.75) is 59.0 Å². The summed E-state index contributed by atoms with van der Waals surface area (Å²) < 4.78 is 7.53. The molecule has 9 heteroatoms. The van der Waals surface area contributed by atoms with E-state index in [1.807, 2.05) is 30.4 Å². The SMILES string of the molecule is CCOC(=O)c1c(N(C)C(=O)NCc2c(-n3cccc3)sc3c2CCN(CC)C3)sc2c1CCCC2. The van der Waals surface area contributed by atoms with Gasteiger partial charge in [-0.1, -0.05) is 6.92 Å². The van der Waals surface area contributed by atoms with E-state index in [1.165, 1.54) is 25.9 Å². The zero-order valence-electron chi connectivity index (χ0n) is 21.3. The third kappa shape index (κ3) is 4.71. The first kappa shape index (κ1) is 25.0. The fraction of sp³-hybridized carbons (Fsp3) is 0.481. The van der Waals surface area contributed by atoms with Gasteiger partial charge in [0.15, 0.2) is 0 Å². The summed E-state index contributed by atoms with van der Waals surface area (Å²) in [4.78, 5) is 32.9. The molecule has 0 unspecified atom stereocenters. The van der Waals surface area contributed by atoms with E-state index in [0.717, 1.165) is 57.3 Å². The molecule has 1 aliphatic heterocycles. The number of carbonyl (C=O) groups is 2. The molecule has 0 bridgehead atoms. The Bertz CT molecular complexity index is 1240. The molecule has 2 amide bonds. The topological polar surface area (TPSA) is 66.8 Å². The molecule has 3 aromatic rings. The van der Waals surface area contributed by atoms with Gasteiger partial charge in [-0.25, -0.2) is 9.59 Å². The summed E-state index contributed by atoms with van der Waals surface area (Å²) in [5.41, 5.74) is 4.21. The Morgan fingerprint density at radius 3 is 2.58 bits per heavy atom. The number of esters is 1. The van der Waals surface area contributed by atoms with Crippen molar-refractivity contribution in [1.29, 1.82) is 0 Å². The van der Waals surface area contributed by atoms with Gasteiger partial charge in [-0.15, -0.1) is 22.7 Å².